The number of hydrogen-bond donors (Lipinski definition) is 1. The van der Waals surface area contributed by atoms with Crippen molar-refractivity contribution in [2.75, 3.05) is 13.1 Å². The predicted molar refractivity (Wildman–Crippen MR) is 79.5 cm³/mol. The van der Waals surface area contributed by atoms with Gasteiger partial charge in [0, 0.05) is 17.6 Å². The summed E-state index contributed by atoms with van der Waals surface area (Å²) in [5, 5.41) is 9.22. The maximum absolute atomic E-state index is 12.6. The van der Waals surface area contributed by atoms with Crippen molar-refractivity contribution in [2.24, 2.45) is 0 Å². The van der Waals surface area contributed by atoms with Crippen LogP contribution in [-0.2, 0) is 16.6 Å². The Hall–Kier alpha value is -0.430. The van der Waals surface area contributed by atoms with Gasteiger partial charge in [0.25, 0.3) is 0 Å². The normalized spacial score (nSPS) is 12.1. The van der Waals surface area contributed by atoms with E-state index in [0.717, 1.165) is 12.0 Å². The van der Waals surface area contributed by atoms with Crippen molar-refractivity contribution in [1.29, 1.82) is 0 Å². The fourth-order valence-electron chi connectivity index (χ4n) is 1.92. The van der Waals surface area contributed by atoms with Crippen molar-refractivity contribution in [3.63, 3.8) is 0 Å². The Balaban J connectivity index is 3.38. The van der Waals surface area contributed by atoms with E-state index >= 15 is 0 Å². The van der Waals surface area contributed by atoms with Crippen molar-refractivity contribution in [2.45, 2.75) is 38.7 Å². The van der Waals surface area contributed by atoms with E-state index in [0.29, 0.717) is 23.1 Å². The minimum absolute atomic E-state index is 0.170. The number of aliphatic hydroxyl groups excluding tert-OH is 1. The van der Waals surface area contributed by atoms with Gasteiger partial charge < -0.3 is 5.11 Å². The predicted octanol–water partition coefficient (Wildman–Crippen LogP) is 2.67. The van der Waals surface area contributed by atoms with E-state index in [2.05, 4.69) is 15.9 Å². The van der Waals surface area contributed by atoms with E-state index in [1.807, 2.05) is 20.8 Å². The van der Waals surface area contributed by atoms with Crippen molar-refractivity contribution in [3.8, 4) is 0 Å². The second kappa shape index (κ2) is 6.83. The molecule has 6 heteroatoms. The highest BCUT2D eigenvalue weighted by Gasteiger charge is 2.25. The summed E-state index contributed by atoms with van der Waals surface area (Å²) >= 11 is 3.34. The highest BCUT2D eigenvalue weighted by molar-refractivity contribution is 9.10. The SMILES string of the molecule is CCCN(CC)S(=O)(=O)c1cc(CO)cc(C)c1Br. The molecule has 0 saturated carbocycles. The minimum atomic E-state index is -3.52. The molecule has 0 bridgehead atoms. The highest BCUT2D eigenvalue weighted by atomic mass is 79.9. The Morgan fingerprint density at radius 1 is 1.32 bits per heavy atom. The molecule has 0 amide bonds. The lowest BCUT2D eigenvalue weighted by Crippen LogP contribution is -2.32. The van der Waals surface area contributed by atoms with Crippen LogP contribution < -0.4 is 0 Å². The molecule has 108 valence electrons. The Labute approximate surface area is 123 Å². The quantitative estimate of drug-likeness (QED) is 0.858. The first-order valence-electron chi connectivity index (χ1n) is 6.28. The van der Waals surface area contributed by atoms with Gasteiger partial charge in [-0.25, -0.2) is 8.42 Å². The second-order valence-electron chi connectivity index (χ2n) is 4.38. The van der Waals surface area contributed by atoms with E-state index in [9.17, 15) is 13.5 Å². The molecule has 0 heterocycles. The zero-order valence-electron chi connectivity index (χ0n) is 11.5. The average molecular weight is 350 g/mol. The van der Waals surface area contributed by atoms with Gasteiger partial charge in [-0.15, -0.1) is 0 Å². The molecule has 0 saturated heterocycles. The summed E-state index contributed by atoms with van der Waals surface area (Å²) in [5.41, 5.74) is 1.41. The van der Waals surface area contributed by atoms with Gasteiger partial charge in [-0.1, -0.05) is 19.9 Å². The van der Waals surface area contributed by atoms with Crippen LogP contribution in [0, 0.1) is 6.92 Å². The zero-order chi connectivity index (χ0) is 14.6. The van der Waals surface area contributed by atoms with Crippen LogP contribution in [0.5, 0.6) is 0 Å². The summed E-state index contributed by atoms with van der Waals surface area (Å²) in [7, 11) is -3.52. The molecule has 0 unspecified atom stereocenters. The third-order valence-corrected chi connectivity index (χ3v) is 6.22. The first-order valence-corrected chi connectivity index (χ1v) is 8.51. The summed E-state index contributed by atoms with van der Waals surface area (Å²) < 4.78 is 27.2. The largest absolute Gasteiger partial charge is 0.392 e. The maximum Gasteiger partial charge on any atom is 0.244 e. The Kier molecular flexibility index (Phi) is 5.98. The summed E-state index contributed by atoms with van der Waals surface area (Å²) in [6.45, 7) is 6.35. The minimum Gasteiger partial charge on any atom is -0.392 e. The smallest absolute Gasteiger partial charge is 0.244 e. The summed E-state index contributed by atoms with van der Waals surface area (Å²) in [6, 6.07) is 3.31. The summed E-state index contributed by atoms with van der Waals surface area (Å²) in [6.07, 6.45) is 0.767. The third kappa shape index (κ3) is 3.56. The molecule has 1 N–H and O–H groups in total. The molecule has 4 nitrogen and oxygen atoms in total. The number of aryl methyl sites for hydroxylation is 1. The molecule has 0 atom stereocenters. The zero-order valence-corrected chi connectivity index (χ0v) is 13.9. The molecule has 1 rings (SSSR count). The van der Waals surface area contributed by atoms with Crippen LogP contribution in [0.3, 0.4) is 0 Å². The molecule has 0 fully saturated rings. The highest BCUT2D eigenvalue weighted by Crippen LogP contribution is 2.29. The number of aliphatic hydroxyl groups is 1. The van der Waals surface area contributed by atoms with Gasteiger partial charge in [0.2, 0.25) is 10.0 Å². The van der Waals surface area contributed by atoms with Crippen molar-refractivity contribution >= 4 is 26.0 Å². The summed E-state index contributed by atoms with van der Waals surface area (Å²) in [4.78, 5) is 0.229. The molecule has 0 spiro atoms. The molecule has 0 aliphatic carbocycles. The molecule has 0 aliphatic heterocycles. The van der Waals surface area contributed by atoms with Gasteiger partial charge >= 0.3 is 0 Å². The van der Waals surface area contributed by atoms with Gasteiger partial charge in [0.05, 0.1) is 11.5 Å². The van der Waals surface area contributed by atoms with Crippen LogP contribution in [0.1, 0.15) is 31.4 Å². The van der Waals surface area contributed by atoms with E-state index in [4.69, 9.17) is 0 Å². The second-order valence-corrected chi connectivity index (χ2v) is 7.08. The number of nitrogens with zero attached hydrogens (tertiary/aromatic N) is 1. The van der Waals surface area contributed by atoms with Crippen LogP contribution in [0.2, 0.25) is 0 Å². The van der Waals surface area contributed by atoms with E-state index < -0.39 is 10.0 Å². The fraction of sp³-hybridized carbons (Fsp3) is 0.538. The van der Waals surface area contributed by atoms with Crippen LogP contribution in [0.4, 0.5) is 0 Å². The van der Waals surface area contributed by atoms with Crippen molar-refractivity contribution in [1.82, 2.24) is 4.31 Å². The van der Waals surface area contributed by atoms with E-state index in [-0.39, 0.29) is 11.5 Å². The third-order valence-electron chi connectivity index (χ3n) is 2.91. The van der Waals surface area contributed by atoms with Crippen molar-refractivity contribution in [3.05, 3.63) is 27.7 Å². The van der Waals surface area contributed by atoms with Crippen LogP contribution in [-0.4, -0.2) is 30.9 Å². The standard InChI is InChI=1S/C13H20BrNO3S/c1-4-6-15(5-2)19(17,18)12-8-11(9-16)7-10(3)13(12)14/h7-8,16H,4-6,9H2,1-3H3. The van der Waals surface area contributed by atoms with Gasteiger partial charge in [-0.3, -0.25) is 0 Å². The molecule has 19 heavy (non-hydrogen) atoms. The van der Waals surface area contributed by atoms with Gasteiger partial charge in [-0.05, 0) is 46.5 Å². The van der Waals surface area contributed by atoms with Crippen molar-refractivity contribution < 1.29 is 13.5 Å². The number of sulfonamides is 1. The Morgan fingerprint density at radius 2 is 1.95 bits per heavy atom. The molecule has 0 radical (unpaired) electrons. The Bertz CT molecular complexity index is 543. The lowest BCUT2D eigenvalue weighted by atomic mass is 10.1. The topological polar surface area (TPSA) is 57.6 Å². The average Bonchev–Trinajstić information content (AvgIpc) is 2.38. The molecular formula is C13H20BrNO3S. The number of benzene rings is 1. The molecule has 1 aromatic rings. The first-order chi connectivity index (χ1) is 8.88. The molecule has 0 aromatic heterocycles. The van der Waals surface area contributed by atoms with Gasteiger partial charge in [0.1, 0.15) is 0 Å². The number of hydrogen-bond acceptors (Lipinski definition) is 3. The fourth-order valence-corrected chi connectivity index (χ4v) is 4.50. The molecule has 0 aliphatic rings. The lowest BCUT2D eigenvalue weighted by Gasteiger charge is -2.21. The summed E-state index contributed by atoms with van der Waals surface area (Å²) in [5.74, 6) is 0. The van der Waals surface area contributed by atoms with Gasteiger partial charge in [-0.2, -0.15) is 4.31 Å². The molecule has 1 aromatic carbocycles. The van der Waals surface area contributed by atoms with E-state index in [1.165, 1.54) is 10.4 Å². The maximum atomic E-state index is 12.6. The number of halogens is 1. The van der Waals surface area contributed by atoms with Crippen LogP contribution >= 0.6 is 15.9 Å². The Morgan fingerprint density at radius 3 is 2.42 bits per heavy atom. The first kappa shape index (κ1) is 16.6. The van der Waals surface area contributed by atoms with Gasteiger partial charge in [0.15, 0.2) is 0 Å². The number of rotatable bonds is 6. The monoisotopic (exact) mass is 349 g/mol. The lowest BCUT2D eigenvalue weighted by molar-refractivity contribution is 0.281. The van der Waals surface area contributed by atoms with Crippen LogP contribution in [0.15, 0.2) is 21.5 Å². The van der Waals surface area contributed by atoms with E-state index in [1.54, 1.807) is 6.07 Å². The van der Waals surface area contributed by atoms with Crippen LogP contribution in [0.25, 0.3) is 0 Å². The molecular weight excluding hydrogens is 330 g/mol.